The van der Waals surface area contributed by atoms with E-state index in [1.165, 1.54) is 0 Å². The number of nitrogens with one attached hydrogen (secondary N) is 2. The molecule has 1 heterocycles. The second-order valence-electron chi connectivity index (χ2n) is 8.55. The monoisotopic (exact) mass is 436 g/mol. The van der Waals surface area contributed by atoms with Gasteiger partial charge in [-0.05, 0) is 48.6 Å². The number of methoxy groups -OCH3 is 1. The molecule has 4 rings (SSSR count). The number of aromatic nitrogens is 2. The van der Waals surface area contributed by atoms with Gasteiger partial charge in [0, 0.05) is 28.9 Å². The van der Waals surface area contributed by atoms with E-state index in [4.69, 9.17) is 21.3 Å². The number of carbonyl (C=O) groups excluding carboxylic acids is 1. The third-order valence-electron chi connectivity index (χ3n) is 5.39. The van der Waals surface area contributed by atoms with Gasteiger partial charge in [0.15, 0.2) is 5.78 Å². The Bertz CT molecular complexity index is 1160. The number of Topliss-reactive ketones (excluding diaryl/α,β-unsaturated/α-hetero) is 1. The van der Waals surface area contributed by atoms with Gasteiger partial charge in [-0.2, -0.15) is 4.98 Å². The van der Waals surface area contributed by atoms with Crippen molar-refractivity contribution in [2.45, 2.75) is 33.6 Å². The number of hydrogen-bond donors (Lipinski definition) is 2. The quantitative estimate of drug-likeness (QED) is 0.504. The van der Waals surface area contributed by atoms with Gasteiger partial charge >= 0.3 is 0 Å². The van der Waals surface area contributed by atoms with Gasteiger partial charge < -0.3 is 15.4 Å². The molecule has 0 radical (unpaired) electrons. The Morgan fingerprint density at radius 1 is 1.06 bits per heavy atom. The maximum atomic E-state index is 13.0. The van der Waals surface area contributed by atoms with Crippen molar-refractivity contribution in [2.75, 3.05) is 17.7 Å². The Kier molecular flexibility index (Phi) is 5.58. The van der Waals surface area contributed by atoms with Gasteiger partial charge in [0.05, 0.1) is 18.4 Å². The number of rotatable bonds is 5. The van der Waals surface area contributed by atoms with Gasteiger partial charge in [-0.25, -0.2) is 4.98 Å². The van der Waals surface area contributed by atoms with E-state index in [0.717, 1.165) is 28.4 Å². The smallest absolute Gasteiger partial charge is 0.229 e. The average molecular weight is 437 g/mol. The summed E-state index contributed by atoms with van der Waals surface area (Å²) in [5.74, 6) is 1.68. The van der Waals surface area contributed by atoms with Crippen LogP contribution in [0.1, 0.15) is 41.9 Å². The van der Waals surface area contributed by atoms with Crippen molar-refractivity contribution in [2.24, 2.45) is 5.41 Å². The zero-order valence-corrected chi connectivity index (χ0v) is 18.8. The van der Waals surface area contributed by atoms with Crippen LogP contribution in [0.5, 0.6) is 5.75 Å². The van der Waals surface area contributed by atoms with Crippen LogP contribution in [0.4, 0.5) is 23.1 Å². The summed E-state index contributed by atoms with van der Waals surface area (Å²) in [6, 6.07) is 13.2. The first kappa shape index (κ1) is 21.1. The topological polar surface area (TPSA) is 76.1 Å². The molecule has 0 aliphatic heterocycles. The second-order valence-corrected chi connectivity index (χ2v) is 8.96. The van der Waals surface area contributed by atoms with Crippen LogP contribution < -0.4 is 15.4 Å². The summed E-state index contributed by atoms with van der Waals surface area (Å²) in [6.45, 7) is 6.09. The average Bonchev–Trinajstić information content (AvgIpc) is 2.70. The highest BCUT2D eigenvalue weighted by Gasteiger charge is 2.35. The van der Waals surface area contributed by atoms with E-state index in [1.807, 2.05) is 49.4 Å². The minimum Gasteiger partial charge on any atom is -0.497 e. The summed E-state index contributed by atoms with van der Waals surface area (Å²) in [5.41, 5.74) is 3.62. The van der Waals surface area contributed by atoms with E-state index < -0.39 is 0 Å². The first-order valence-corrected chi connectivity index (χ1v) is 10.5. The van der Waals surface area contributed by atoms with Gasteiger partial charge in [-0.1, -0.05) is 37.6 Å². The molecule has 0 bridgehead atoms. The molecule has 0 saturated heterocycles. The molecule has 0 fully saturated rings. The van der Waals surface area contributed by atoms with Gasteiger partial charge in [-0.3, -0.25) is 4.79 Å². The Labute approximate surface area is 187 Å². The number of hydrogen-bond acceptors (Lipinski definition) is 6. The maximum absolute atomic E-state index is 13.0. The molecule has 1 aliphatic carbocycles. The molecular weight excluding hydrogens is 412 g/mol. The number of anilines is 4. The zero-order valence-electron chi connectivity index (χ0n) is 18.0. The number of nitrogens with zero attached hydrogens (tertiary/aromatic N) is 2. The van der Waals surface area contributed by atoms with Crippen LogP contribution in [0.3, 0.4) is 0 Å². The summed E-state index contributed by atoms with van der Waals surface area (Å²) >= 11 is 6.29. The van der Waals surface area contributed by atoms with Crippen LogP contribution >= 0.6 is 11.6 Å². The van der Waals surface area contributed by atoms with Gasteiger partial charge in [0.1, 0.15) is 11.6 Å². The van der Waals surface area contributed by atoms with Crippen LogP contribution in [0.25, 0.3) is 0 Å². The van der Waals surface area contributed by atoms with E-state index in [0.29, 0.717) is 35.2 Å². The first-order valence-electron chi connectivity index (χ1n) is 10.1. The third kappa shape index (κ3) is 4.49. The Balaban J connectivity index is 1.79. The van der Waals surface area contributed by atoms with Crippen LogP contribution in [-0.2, 0) is 6.42 Å². The zero-order chi connectivity index (χ0) is 22.2. The summed E-state index contributed by atoms with van der Waals surface area (Å²) in [5, 5.41) is 7.22. The van der Waals surface area contributed by atoms with Crippen molar-refractivity contribution in [3.63, 3.8) is 0 Å². The summed E-state index contributed by atoms with van der Waals surface area (Å²) in [7, 11) is 1.62. The lowest BCUT2D eigenvalue weighted by molar-refractivity contribution is 0.0911. The van der Waals surface area contributed by atoms with Crippen LogP contribution in [0, 0.1) is 12.3 Å². The van der Waals surface area contributed by atoms with Gasteiger partial charge in [0.2, 0.25) is 5.95 Å². The fourth-order valence-corrected chi connectivity index (χ4v) is 3.99. The highest BCUT2D eigenvalue weighted by Crippen LogP contribution is 2.38. The highest BCUT2D eigenvalue weighted by molar-refractivity contribution is 6.31. The van der Waals surface area contributed by atoms with Crippen molar-refractivity contribution < 1.29 is 9.53 Å². The molecule has 2 N–H and O–H groups in total. The van der Waals surface area contributed by atoms with E-state index in [9.17, 15) is 4.79 Å². The summed E-state index contributed by atoms with van der Waals surface area (Å²) in [4.78, 5) is 22.4. The SMILES string of the molecule is COc1cccc(Nc2nc3c(c(Nc4cccc(Cl)c4C)n2)C(=O)CC(C)(C)C3)c1. The lowest BCUT2D eigenvalue weighted by Crippen LogP contribution is -2.29. The Morgan fingerprint density at radius 2 is 1.84 bits per heavy atom. The van der Waals surface area contributed by atoms with Crippen molar-refractivity contribution >= 4 is 40.5 Å². The molecule has 0 spiro atoms. The molecule has 3 aromatic rings. The normalized spacial score (nSPS) is 14.7. The molecule has 1 aromatic heterocycles. The van der Waals surface area contributed by atoms with Crippen LogP contribution in [-0.4, -0.2) is 22.9 Å². The number of fused-ring (bicyclic) bond motifs is 1. The lowest BCUT2D eigenvalue weighted by Gasteiger charge is -2.30. The molecule has 0 unspecified atom stereocenters. The number of ketones is 1. The van der Waals surface area contributed by atoms with Crippen molar-refractivity contribution in [1.29, 1.82) is 0 Å². The molecule has 160 valence electrons. The number of ether oxygens (including phenoxy) is 1. The van der Waals surface area contributed by atoms with Crippen molar-refractivity contribution in [3.8, 4) is 5.75 Å². The maximum Gasteiger partial charge on any atom is 0.229 e. The standard InChI is InChI=1S/C24H25ClN4O2/c1-14-17(25)9-6-10-18(14)27-22-21-19(12-24(2,3)13-20(21)30)28-23(29-22)26-15-7-5-8-16(11-15)31-4/h5-11H,12-13H2,1-4H3,(H2,26,27,28,29). The molecule has 0 atom stereocenters. The minimum absolute atomic E-state index is 0.0429. The Morgan fingerprint density at radius 3 is 2.61 bits per heavy atom. The number of halogens is 1. The Hall–Kier alpha value is -3.12. The van der Waals surface area contributed by atoms with Crippen molar-refractivity contribution in [3.05, 3.63) is 64.3 Å². The summed E-state index contributed by atoms with van der Waals surface area (Å²) in [6.07, 6.45) is 1.14. The molecule has 0 saturated carbocycles. The highest BCUT2D eigenvalue weighted by atomic mass is 35.5. The van der Waals surface area contributed by atoms with E-state index in [-0.39, 0.29) is 11.2 Å². The third-order valence-corrected chi connectivity index (χ3v) is 5.80. The molecule has 7 heteroatoms. The van der Waals surface area contributed by atoms with E-state index in [1.54, 1.807) is 7.11 Å². The van der Waals surface area contributed by atoms with Crippen LogP contribution in [0.2, 0.25) is 5.02 Å². The van der Waals surface area contributed by atoms with Crippen LogP contribution in [0.15, 0.2) is 42.5 Å². The fraction of sp³-hybridized carbons (Fsp3) is 0.292. The lowest BCUT2D eigenvalue weighted by atomic mass is 9.75. The molecule has 31 heavy (non-hydrogen) atoms. The minimum atomic E-state index is -0.158. The van der Waals surface area contributed by atoms with E-state index >= 15 is 0 Å². The largest absolute Gasteiger partial charge is 0.497 e. The predicted molar refractivity (Wildman–Crippen MR) is 124 cm³/mol. The van der Waals surface area contributed by atoms with Gasteiger partial charge in [-0.15, -0.1) is 0 Å². The summed E-state index contributed by atoms with van der Waals surface area (Å²) < 4.78 is 5.30. The number of carbonyl (C=O) groups is 1. The molecule has 0 amide bonds. The molecule has 1 aliphatic rings. The first-order chi connectivity index (χ1) is 14.8. The van der Waals surface area contributed by atoms with Gasteiger partial charge in [0.25, 0.3) is 0 Å². The molecule has 2 aromatic carbocycles. The predicted octanol–water partition coefficient (Wildman–Crippen LogP) is 6.09. The molecular formula is C24H25ClN4O2. The second kappa shape index (κ2) is 8.19. The van der Waals surface area contributed by atoms with Crippen molar-refractivity contribution in [1.82, 2.24) is 9.97 Å². The number of benzene rings is 2. The molecule has 6 nitrogen and oxygen atoms in total. The fourth-order valence-electron chi connectivity index (χ4n) is 3.81. The van der Waals surface area contributed by atoms with E-state index in [2.05, 4.69) is 29.5 Å².